The summed E-state index contributed by atoms with van der Waals surface area (Å²) in [5.41, 5.74) is 6.91. The molecule has 0 bridgehead atoms. The van der Waals surface area contributed by atoms with Crippen molar-refractivity contribution in [2.24, 2.45) is 5.41 Å². The van der Waals surface area contributed by atoms with Crippen LogP contribution in [0.4, 0.5) is 0 Å². The maximum absolute atomic E-state index is 2.47. The molecule has 0 saturated heterocycles. The summed E-state index contributed by atoms with van der Waals surface area (Å²) in [6, 6.07) is 4.89. The fourth-order valence-corrected chi connectivity index (χ4v) is 3.32. The molecule has 0 fully saturated rings. The van der Waals surface area contributed by atoms with E-state index >= 15 is 0 Å². The van der Waals surface area contributed by atoms with Gasteiger partial charge in [0.15, 0.2) is 0 Å². The van der Waals surface area contributed by atoms with E-state index in [9.17, 15) is 0 Å². The zero-order valence-corrected chi connectivity index (χ0v) is 13.1. The van der Waals surface area contributed by atoms with Crippen LogP contribution in [0.1, 0.15) is 76.1 Å². The van der Waals surface area contributed by atoms with Crippen LogP contribution >= 0.6 is 0 Å². The summed E-state index contributed by atoms with van der Waals surface area (Å²) in [4.78, 5) is 0. The van der Waals surface area contributed by atoms with Crippen LogP contribution < -0.4 is 0 Å². The van der Waals surface area contributed by atoms with E-state index in [0.717, 1.165) is 5.92 Å². The first-order valence-electron chi connectivity index (χ1n) is 7.24. The quantitative estimate of drug-likeness (QED) is 0.575. The highest BCUT2D eigenvalue weighted by Gasteiger charge is 2.34. The summed E-state index contributed by atoms with van der Waals surface area (Å²) in [6.07, 6.45) is 2.59. The predicted molar refractivity (Wildman–Crippen MR) is 80.4 cm³/mol. The molecular weight excluding hydrogens is 216 g/mol. The second kappa shape index (κ2) is 4.11. The van der Waals surface area contributed by atoms with Crippen molar-refractivity contribution in [2.45, 2.75) is 72.6 Å². The van der Waals surface area contributed by atoms with Gasteiger partial charge < -0.3 is 0 Å². The van der Waals surface area contributed by atoms with Crippen molar-refractivity contribution in [3.63, 3.8) is 0 Å². The molecule has 0 amide bonds. The highest BCUT2D eigenvalue weighted by atomic mass is 14.4. The SMILES string of the molecule is Cc1cc(C(C)(C)C)cc2c1C(C(C)(C)C)CC2. The molecule has 0 heteroatoms. The summed E-state index contributed by atoms with van der Waals surface area (Å²) in [7, 11) is 0. The normalized spacial score (nSPS) is 20.1. The van der Waals surface area contributed by atoms with Crippen molar-refractivity contribution in [1.29, 1.82) is 0 Å². The molecule has 1 aromatic carbocycles. The third-order valence-corrected chi connectivity index (χ3v) is 4.43. The summed E-state index contributed by atoms with van der Waals surface area (Å²) in [6.45, 7) is 16.4. The Balaban J connectivity index is 2.51. The van der Waals surface area contributed by atoms with E-state index < -0.39 is 0 Å². The van der Waals surface area contributed by atoms with Gasteiger partial charge in [-0.15, -0.1) is 0 Å². The zero-order chi connectivity index (χ0) is 13.7. The Kier molecular flexibility index (Phi) is 3.12. The largest absolute Gasteiger partial charge is 0.0596 e. The van der Waals surface area contributed by atoms with Gasteiger partial charge in [0.1, 0.15) is 0 Å². The fraction of sp³-hybridized carbons (Fsp3) is 0.667. The average molecular weight is 244 g/mol. The lowest BCUT2D eigenvalue weighted by Gasteiger charge is -2.30. The predicted octanol–water partition coefficient (Wildman–Crippen LogP) is 5.37. The molecule has 1 aliphatic carbocycles. The number of aryl methyl sites for hydroxylation is 2. The van der Waals surface area contributed by atoms with Gasteiger partial charge in [-0.2, -0.15) is 0 Å². The number of benzene rings is 1. The van der Waals surface area contributed by atoms with Crippen molar-refractivity contribution in [2.75, 3.05) is 0 Å². The Morgan fingerprint density at radius 3 is 2.11 bits per heavy atom. The Bertz CT molecular complexity index is 452. The van der Waals surface area contributed by atoms with Crippen molar-refractivity contribution in [3.8, 4) is 0 Å². The first-order valence-corrected chi connectivity index (χ1v) is 7.24. The lowest BCUT2D eigenvalue weighted by molar-refractivity contribution is 0.318. The van der Waals surface area contributed by atoms with Crippen molar-refractivity contribution in [1.82, 2.24) is 0 Å². The third kappa shape index (κ3) is 2.35. The van der Waals surface area contributed by atoms with Crippen LogP contribution in [-0.4, -0.2) is 0 Å². The fourth-order valence-electron chi connectivity index (χ4n) is 3.32. The van der Waals surface area contributed by atoms with Gasteiger partial charge in [-0.05, 0) is 58.8 Å². The maximum atomic E-state index is 2.47. The minimum atomic E-state index is 0.264. The van der Waals surface area contributed by atoms with E-state index in [1.165, 1.54) is 24.0 Å². The molecule has 0 aromatic heterocycles. The molecule has 0 saturated carbocycles. The monoisotopic (exact) mass is 244 g/mol. The Hall–Kier alpha value is -0.780. The Morgan fingerprint density at radius 1 is 1.00 bits per heavy atom. The maximum Gasteiger partial charge on any atom is -0.0105 e. The number of hydrogen-bond acceptors (Lipinski definition) is 0. The molecule has 0 aliphatic heterocycles. The third-order valence-electron chi connectivity index (χ3n) is 4.43. The summed E-state index contributed by atoms with van der Waals surface area (Å²) in [5.74, 6) is 0.738. The van der Waals surface area contributed by atoms with Crippen LogP contribution in [0.3, 0.4) is 0 Å². The second-order valence-electron chi connectivity index (χ2n) is 8.07. The van der Waals surface area contributed by atoms with E-state index in [0.29, 0.717) is 5.41 Å². The highest BCUT2D eigenvalue weighted by Crippen LogP contribution is 2.47. The highest BCUT2D eigenvalue weighted by molar-refractivity contribution is 5.46. The standard InChI is InChI=1S/C18H28/c1-12-10-14(17(2,3)4)11-13-8-9-15(16(12)13)18(5,6)7/h10-11,15H,8-9H2,1-7H3. The minimum absolute atomic E-state index is 0.264. The van der Waals surface area contributed by atoms with Gasteiger partial charge >= 0.3 is 0 Å². The van der Waals surface area contributed by atoms with Crippen molar-refractivity contribution < 1.29 is 0 Å². The summed E-state index contributed by atoms with van der Waals surface area (Å²) < 4.78 is 0. The number of hydrogen-bond donors (Lipinski definition) is 0. The molecule has 18 heavy (non-hydrogen) atoms. The van der Waals surface area contributed by atoms with Gasteiger partial charge in [-0.25, -0.2) is 0 Å². The topological polar surface area (TPSA) is 0 Å². The molecule has 0 heterocycles. The van der Waals surface area contributed by atoms with Crippen LogP contribution in [0.25, 0.3) is 0 Å². The van der Waals surface area contributed by atoms with Crippen LogP contribution in [-0.2, 0) is 11.8 Å². The minimum Gasteiger partial charge on any atom is -0.0596 e. The average Bonchev–Trinajstić information content (AvgIpc) is 2.59. The second-order valence-corrected chi connectivity index (χ2v) is 8.07. The number of rotatable bonds is 0. The molecule has 0 nitrogen and oxygen atoms in total. The molecule has 0 radical (unpaired) electrons. The first-order chi connectivity index (χ1) is 8.10. The molecule has 0 N–H and O–H groups in total. The molecule has 100 valence electrons. The zero-order valence-electron chi connectivity index (χ0n) is 13.1. The lowest BCUT2D eigenvalue weighted by atomic mass is 9.75. The molecule has 1 atom stereocenters. The molecule has 0 spiro atoms. The smallest absolute Gasteiger partial charge is 0.0105 e. The van der Waals surface area contributed by atoms with Gasteiger partial charge in [-0.3, -0.25) is 0 Å². The van der Waals surface area contributed by atoms with Crippen LogP contribution in [0.2, 0.25) is 0 Å². The van der Waals surface area contributed by atoms with E-state index in [4.69, 9.17) is 0 Å². The molecule has 1 unspecified atom stereocenters. The Morgan fingerprint density at radius 2 is 1.61 bits per heavy atom. The van der Waals surface area contributed by atoms with E-state index in [1.54, 1.807) is 11.1 Å². The molecular formula is C18H28. The summed E-state index contributed by atoms with van der Waals surface area (Å²) >= 11 is 0. The van der Waals surface area contributed by atoms with E-state index in [-0.39, 0.29) is 5.41 Å². The lowest BCUT2D eigenvalue weighted by Crippen LogP contribution is -2.17. The van der Waals surface area contributed by atoms with Crippen molar-refractivity contribution >= 4 is 0 Å². The van der Waals surface area contributed by atoms with Gasteiger partial charge in [0, 0.05) is 0 Å². The van der Waals surface area contributed by atoms with Gasteiger partial charge in [-0.1, -0.05) is 53.7 Å². The van der Waals surface area contributed by atoms with Gasteiger partial charge in [0.25, 0.3) is 0 Å². The van der Waals surface area contributed by atoms with E-state index in [2.05, 4.69) is 60.6 Å². The van der Waals surface area contributed by atoms with Crippen LogP contribution in [0.5, 0.6) is 0 Å². The van der Waals surface area contributed by atoms with Gasteiger partial charge in [0.2, 0.25) is 0 Å². The summed E-state index contributed by atoms with van der Waals surface area (Å²) in [5, 5.41) is 0. The van der Waals surface area contributed by atoms with Crippen molar-refractivity contribution in [3.05, 3.63) is 34.4 Å². The number of fused-ring (bicyclic) bond motifs is 1. The van der Waals surface area contributed by atoms with E-state index in [1.807, 2.05) is 0 Å². The van der Waals surface area contributed by atoms with Crippen LogP contribution in [0.15, 0.2) is 12.1 Å². The molecule has 1 aromatic rings. The van der Waals surface area contributed by atoms with Crippen LogP contribution in [0, 0.1) is 12.3 Å². The molecule has 1 aliphatic rings. The first kappa shape index (κ1) is 13.6. The Labute approximate surface area is 113 Å². The molecule has 2 rings (SSSR count). The van der Waals surface area contributed by atoms with Gasteiger partial charge in [0.05, 0.1) is 0 Å².